The molecule has 2 aromatic heterocycles. The molecule has 4 heterocycles. The quantitative estimate of drug-likeness (QED) is 0.305. The molecule has 0 spiro atoms. The second kappa shape index (κ2) is 12.2. The maximum absolute atomic E-state index is 14.2. The molecule has 236 valence electrons. The van der Waals surface area contributed by atoms with Crippen molar-refractivity contribution in [2.45, 2.75) is 56.4 Å². The van der Waals surface area contributed by atoms with Crippen molar-refractivity contribution in [3.63, 3.8) is 0 Å². The van der Waals surface area contributed by atoms with E-state index in [1.165, 1.54) is 17.1 Å². The Morgan fingerprint density at radius 3 is 2.47 bits per heavy atom. The molecule has 0 radical (unpaired) electrons. The molecule has 4 aromatic rings. The summed E-state index contributed by atoms with van der Waals surface area (Å²) >= 11 is 0. The molecule has 45 heavy (non-hydrogen) atoms. The summed E-state index contributed by atoms with van der Waals surface area (Å²) in [5, 5.41) is 3.98. The SMILES string of the molecule is Cc1cccc(C2(C(=O)N3CCC(Oc4cc(-c5c(C)cccc5C)nc(NS(=O)(=O)c5cnn(C)c5)n4)C3)CCOCC2)c1. The minimum atomic E-state index is -4.00. The maximum atomic E-state index is 14.2. The minimum absolute atomic E-state index is 0.00542. The molecule has 2 saturated heterocycles. The third kappa shape index (κ3) is 6.30. The van der Waals surface area contributed by atoms with Gasteiger partial charge in [-0.05, 0) is 50.3 Å². The van der Waals surface area contributed by atoms with E-state index in [9.17, 15) is 13.2 Å². The standard InChI is InChI=1S/C33H38N6O5S/c1-22-7-5-10-25(17-22)33(12-15-43-16-13-33)31(40)39-14-11-26(20-39)44-29-18-28(30-23(2)8-6-9-24(30)3)35-32(36-29)37-45(41,42)27-19-34-38(4)21-27/h5-10,17-19,21,26H,11-16,20H2,1-4H3,(H,35,36,37). The minimum Gasteiger partial charge on any atom is -0.472 e. The zero-order chi connectivity index (χ0) is 31.8. The monoisotopic (exact) mass is 630 g/mol. The van der Waals surface area contributed by atoms with Crippen molar-refractivity contribution in [1.29, 1.82) is 0 Å². The van der Waals surface area contributed by atoms with E-state index < -0.39 is 15.4 Å². The van der Waals surface area contributed by atoms with Gasteiger partial charge in [0.2, 0.25) is 17.7 Å². The molecule has 1 unspecified atom stereocenters. The number of carbonyl (C=O) groups is 1. The molecule has 11 nitrogen and oxygen atoms in total. The molecular formula is C33H38N6O5S. The third-order valence-electron chi connectivity index (χ3n) is 8.70. The van der Waals surface area contributed by atoms with Gasteiger partial charge in [-0.25, -0.2) is 18.1 Å². The first-order chi connectivity index (χ1) is 21.5. The molecule has 0 saturated carbocycles. The Morgan fingerprint density at radius 1 is 1.04 bits per heavy atom. The van der Waals surface area contributed by atoms with Crippen LogP contribution in [0.1, 0.15) is 41.5 Å². The molecule has 1 N–H and O–H groups in total. The fraction of sp³-hybridized carbons (Fsp3) is 0.394. The number of anilines is 1. The average Bonchev–Trinajstić information content (AvgIpc) is 3.66. The van der Waals surface area contributed by atoms with Gasteiger partial charge in [0.25, 0.3) is 10.0 Å². The summed E-state index contributed by atoms with van der Waals surface area (Å²) in [5.74, 6) is 0.206. The lowest BCUT2D eigenvalue weighted by molar-refractivity contribution is -0.140. The van der Waals surface area contributed by atoms with Crippen molar-refractivity contribution in [2.24, 2.45) is 7.05 Å². The number of carbonyl (C=O) groups excluding carboxylic acids is 1. The highest BCUT2D eigenvalue weighted by Gasteiger charge is 2.46. The van der Waals surface area contributed by atoms with Crippen LogP contribution >= 0.6 is 0 Å². The van der Waals surface area contributed by atoms with Crippen LogP contribution in [0.5, 0.6) is 5.88 Å². The van der Waals surface area contributed by atoms with Gasteiger partial charge in [-0.15, -0.1) is 0 Å². The van der Waals surface area contributed by atoms with Crippen molar-refractivity contribution in [3.8, 4) is 17.1 Å². The van der Waals surface area contributed by atoms with Crippen LogP contribution in [-0.2, 0) is 32.0 Å². The van der Waals surface area contributed by atoms with Crippen LogP contribution in [-0.4, -0.2) is 71.4 Å². The summed E-state index contributed by atoms with van der Waals surface area (Å²) < 4.78 is 42.3. The summed E-state index contributed by atoms with van der Waals surface area (Å²) in [6.07, 6.45) is 4.21. The van der Waals surface area contributed by atoms with E-state index in [4.69, 9.17) is 9.47 Å². The number of sulfonamides is 1. The number of rotatable bonds is 8. The first kappa shape index (κ1) is 30.7. The van der Waals surface area contributed by atoms with Crippen molar-refractivity contribution in [3.05, 3.63) is 83.2 Å². The number of nitrogens with one attached hydrogen (secondary N) is 1. The fourth-order valence-electron chi connectivity index (χ4n) is 6.37. The van der Waals surface area contributed by atoms with Crippen LogP contribution in [0.25, 0.3) is 11.3 Å². The Balaban J connectivity index is 1.28. The largest absolute Gasteiger partial charge is 0.472 e. The molecule has 12 heteroatoms. The van der Waals surface area contributed by atoms with Crippen LogP contribution in [0, 0.1) is 20.8 Å². The summed E-state index contributed by atoms with van der Waals surface area (Å²) in [6.45, 7) is 8.01. The number of ether oxygens (including phenoxy) is 2. The van der Waals surface area contributed by atoms with Gasteiger partial charge in [0, 0.05) is 51.1 Å². The van der Waals surface area contributed by atoms with Gasteiger partial charge in [-0.1, -0.05) is 48.0 Å². The van der Waals surface area contributed by atoms with Crippen LogP contribution in [0.3, 0.4) is 0 Å². The predicted molar refractivity (Wildman–Crippen MR) is 169 cm³/mol. The van der Waals surface area contributed by atoms with E-state index in [-0.39, 0.29) is 28.7 Å². The van der Waals surface area contributed by atoms with Crippen LogP contribution in [0.4, 0.5) is 5.95 Å². The highest BCUT2D eigenvalue weighted by atomic mass is 32.2. The molecule has 0 aliphatic carbocycles. The first-order valence-electron chi connectivity index (χ1n) is 15.1. The Bertz CT molecular complexity index is 1810. The summed E-state index contributed by atoms with van der Waals surface area (Å²) in [5.41, 5.74) is 4.88. The molecule has 1 amide bonds. The molecule has 2 fully saturated rings. The lowest BCUT2D eigenvalue weighted by atomic mass is 9.72. The number of aryl methyl sites for hydroxylation is 4. The van der Waals surface area contributed by atoms with Gasteiger partial charge in [0.1, 0.15) is 11.0 Å². The zero-order valence-electron chi connectivity index (χ0n) is 26.0. The summed E-state index contributed by atoms with van der Waals surface area (Å²) in [6, 6.07) is 15.9. The van der Waals surface area contributed by atoms with E-state index in [1.807, 2.05) is 62.1 Å². The van der Waals surface area contributed by atoms with Crippen LogP contribution < -0.4 is 9.46 Å². The molecule has 2 aromatic carbocycles. The van der Waals surface area contributed by atoms with Crippen molar-refractivity contribution in [1.82, 2.24) is 24.6 Å². The van der Waals surface area contributed by atoms with Gasteiger partial charge in [0.05, 0.1) is 23.9 Å². The van der Waals surface area contributed by atoms with Gasteiger partial charge >= 0.3 is 0 Å². The van der Waals surface area contributed by atoms with Crippen molar-refractivity contribution >= 4 is 21.9 Å². The summed E-state index contributed by atoms with van der Waals surface area (Å²) in [7, 11) is -2.36. The van der Waals surface area contributed by atoms with E-state index in [1.54, 1.807) is 13.1 Å². The lowest BCUT2D eigenvalue weighted by Gasteiger charge is -2.39. The molecule has 1 atom stereocenters. The topological polar surface area (TPSA) is 129 Å². The number of hydrogen-bond acceptors (Lipinski definition) is 8. The number of benzene rings is 2. The third-order valence-corrected chi connectivity index (χ3v) is 9.99. The lowest BCUT2D eigenvalue weighted by Crippen LogP contribution is -2.49. The highest BCUT2D eigenvalue weighted by Crippen LogP contribution is 2.38. The Kier molecular flexibility index (Phi) is 8.36. The van der Waals surface area contributed by atoms with Crippen LogP contribution in [0.15, 0.2) is 65.8 Å². The second-order valence-corrected chi connectivity index (χ2v) is 13.7. The highest BCUT2D eigenvalue weighted by molar-refractivity contribution is 7.92. The Morgan fingerprint density at radius 2 is 1.78 bits per heavy atom. The van der Waals surface area contributed by atoms with Gasteiger partial charge in [-0.2, -0.15) is 10.1 Å². The maximum Gasteiger partial charge on any atom is 0.267 e. The normalized spacial score (nSPS) is 18.1. The number of likely N-dealkylation sites (tertiary alicyclic amines) is 1. The molecule has 0 bridgehead atoms. The van der Waals surface area contributed by atoms with E-state index in [2.05, 4.69) is 25.9 Å². The van der Waals surface area contributed by atoms with E-state index in [0.717, 1.165) is 27.8 Å². The van der Waals surface area contributed by atoms with Crippen molar-refractivity contribution < 1.29 is 22.7 Å². The molecule has 2 aliphatic rings. The van der Waals surface area contributed by atoms with Crippen molar-refractivity contribution in [2.75, 3.05) is 31.0 Å². The molecule has 2 aliphatic heterocycles. The van der Waals surface area contributed by atoms with E-state index in [0.29, 0.717) is 51.3 Å². The first-order valence-corrected chi connectivity index (χ1v) is 16.6. The van der Waals surface area contributed by atoms with Crippen LogP contribution in [0.2, 0.25) is 0 Å². The fourth-order valence-corrected chi connectivity index (χ4v) is 7.29. The molecular weight excluding hydrogens is 592 g/mol. The average molecular weight is 631 g/mol. The Labute approximate surface area is 263 Å². The van der Waals surface area contributed by atoms with E-state index >= 15 is 0 Å². The number of nitrogens with zero attached hydrogens (tertiary/aromatic N) is 5. The van der Waals surface area contributed by atoms with Gasteiger partial charge < -0.3 is 14.4 Å². The summed E-state index contributed by atoms with van der Waals surface area (Å²) in [4.78, 5) is 25.1. The number of amides is 1. The molecule has 6 rings (SSSR count). The smallest absolute Gasteiger partial charge is 0.267 e. The number of aromatic nitrogens is 4. The second-order valence-electron chi connectivity index (χ2n) is 12.0. The zero-order valence-corrected chi connectivity index (χ0v) is 26.8. The van der Waals surface area contributed by atoms with Gasteiger partial charge in [-0.3, -0.25) is 9.48 Å². The predicted octanol–water partition coefficient (Wildman–Crippen LogP) is 4.33. The van der Waals surface area contributed by atoms with Gasteiger partial charge in [0.15, 0.2) is 0 Å². The Hall–Kier alpha value is -4.29. The number of hydrogen-bond donors (Lipinski definition) is 1.